The SMILES string of the molecule is CCN[SiH](CCOC)OC. The van der Waals surface area contributed by atoms with Gasteiger partial charge in [0.2, 0.25) is 0 Å². The van der Waals surface area contributed by atoms with Gasteiger partial charge in [0, 0.05) is 26.9 Å². The molecule has 0 aromatic carbocycles. The van der Waals surface area contributed by atoms with E-state index in [4.69, 9.17) is 9.16 Å². The van der Waals surface area contributed by atoms with Gasteiger partial charge < -0.3 is 14.1 Å². The van der Waals surface area contributed by atoms with Crippen molar-refractivity contribution in [2.24, 2.45) is 0 Å². The van der Waals surface area contributed by atoms with Gasteiger partial charge in [-0.15, -0.1) is 0 Å². The van der Waals surface area contributed by atoms with Gasteiger partial charge in [0.15, 0.2) is 0 Å². The number of methoxy groups -OCH3 is 1. The molecule has 1 atom stereocenters. The first-order valence-electron chi connectivity index (χ1n) is 3.60. The lowest BCUT2D eigenvalue weighted by molar-refractivity contribution is 0.210. The highest BCUT2D eigenvalue weighted by Crippen LogP contribution is 1.88. The molecule has 1 unspecified atom stereocenters. The molecule has 0 amide bonds. The Kier molecular flexibility index (Phi) is 7.28. The van der Waals surface area contributed by atoms with Crippen LogP contribution in [0.15, 0.2) is 0 Å². The third-order valence-corrected chi connectivity index (χ3v) is 3.49. The van der Waals surface area contributed by atoms with Crippen LogP contribution in [0.2, 0.25) is 6.04 Å². The van der Waals surface area contributed by atoms with Crippen LogP contribution in [0.4, 0.5) is 0 Å². The predicted octanol–water partition coefficient (Wildman–Crippen LogP) is 0.109. The summed E-state index contributed by atoms with van der Waals surface area (Å²) in [6, 6.07) is 1.04. The van der Waals surface area contributed by atoms with Gasteiger partial charge in [-0.05, 0) is 6.54 Å². The van der Waals surface area contributed by atoms with Crippen LogP contribution in [-0.4, -0.2) is 36.6 Å². The minimum Gasteiger partial charge on any atom is -0.409 e. The molecule has 0 aliphatic carbocycles. The maximum absolute atomic E-state index is 5.24. The Morgan fingerprint density at radius 2 is 2.10 bits per heavy atom. The Morgan fingerprint density at radius 3 is 2.50 bits per heavy atom. The molecule has 0 fully saturated rings. The molecule has 0 aliphatic rings. The smallest absolute Gasteiger partial charge is 0.254 e. The van der Waals surface area contributed by atoms with Crippen molar-refractivity contribution < 1.29 is 9.16 Å². The molecule has 0 radical (unpaired) electrons. The monoisotopic (exact) mass is 163 g/mol. The number of nitrogens with one attached hydrogen (secondary N) is 1. The van der Waals surface area contributed by atoms with E-state index in [0.29, 0.717) is 0 Å². The third-order valence-electron chi connectivity index (χ3n) is 1.30. The Hall–Kier alpha value is 0.0969. The molecular weight excluding hydrogens is 146 g/mol. The van der Waals surface area contributed by atoms with Crippen molar-refractivity contribution >= 4 is 9.20 Å². The molecule has 0 saturated carbocycles. The molecule has 0 bridgehead atoms. The van der Waals surface area contributed by atoms with Gasteiger partial charge in [-0.1, -0.05) is 6.92 Å². The van der Waals surface area contributed by atoms with Gasteiger partial charge in [-0.3, -0.25) is 0 Å². The fourth-order valence-electron chi connectivity index (χ4n) is 0.756. The topological polar surface area (TPSA) is 30.5 Å². The lowest BCUT2D eigenvalue weighted by Crippen LogP contribution is -2.36. The zero-order chi connectivity index (χ0) is 7.82. The zero-order valence-electron chi connectivity index (χ0n) is 7.02. The van der Waals surface area contributed by atoms with Crippen LogP contribution >= 0.6 is 0 Å². The van der Waals surface area contributed by atoms with Gasteiger partial charge in [0.25, 0.3) is 9.20 Å². The summed E-state index contributed by atoms with van der Waals surface area (Å²) in [5.41, 5.74) is 0. The van der Waals surface area contributed by atoms with E-state index in [0.717, 1.165) is 19.2 Å². The molecule has 0 saturated heterocycles. The predicted molar refractivity (Wildman–Crippen MR) is 44.5 cm³/mol. The van der Waals surface area contributed by atoms with Crippen LogP contribution in [0.25, 0.3) is 0 Å². The van der Waals surface area contributed by atoms with E-state index in [1.807, 2.05) is 0 Å². The molecule has 0 rings (SSSR count). The number of hydrogen-bond acceptors (Lipinski definition) is 3. The Bertz CT molecular complexity index is 72.8. The standard InChI is InChI=1S/C6H17NO2Si/c1-4-7-10(9-3)6-5-8-2/h7,10H,4-6H2,1-3H3. The molecule has 3 nitrogen and oxygen atoms in total. The van der Waals surface area contributed by atoms with Crippen molar-refractivity contribution in [2.45, 2.75) is 13.0 Å². The molecule has 10 heavy (non-hydrogen) atoms. The van der Waals surface area contributed by atoms with Gasteiger partial charge >= 0.3 is 0 Å². The summed E-state index contributed by atoms with van der Waals surface area (Å²) in [5.74, 6) is 0. The van der Waals surface area contributed by atoms with E-state index < -0.39 is 9.20 Å². The van der Waals surface area contributed by atoms with E-state index in [1.165, 1.54) is 0 Å². The summed E-state index contributed by atoms with van der Waals surface area (Å²) in [4.78, 5) is 3.30. The molecule has 0 aliphatic heterocycles. The molecule has 4 heteroatoms. The Morgan fingerprint density at radius 1 is 1.40 bits per heavy atom. The molecule has 0 heterocycles. The van der Waals surface area contributed by atoms with Gasteiger partial charge in [-0.2, -0.15) is 0 Å². The van der Waals surface area contributed by atoms with E-state index in [9.17, 15) is 0 Å². The fourth-order valence-corrected chi connectivity index (χ4v) is 2.27. The highest BCUT2D eigenvalue weighted by molar-refractivity contribution is 6.48. The van der Waals surface area contributed by atoms with E-state index in [1.54, 1.807) is 14.2 Å². The number of rotatable bonds is 6. The molecule has 0 spiro atoms. The summed E-state index contributed by atoms with van der Waals surface area (Å²) in [6.07, 6.45) is 0. The van der Waals surface area contributed by atoms with Gasteiger partial charge in [0.05, 0.1) is 0 Å². The maximum Gasteiger partial charge on any atom is 0.254 e. The lowest BCUT2D eigenvalue weighted by atomic mass is 10.8. The molecule has 0 aromatic heterocycles. The quantitative estimate of drug-likeness (QED) is 0.564. The second-order valence-electron chi connectivity index (χ2n) is 2.06. The van der Waals surface area contributed by atoms with Crippen molar-refractivity contribution in [1.29, 1.82) is 0 Å². The summed E-state index contributed by atoms with van der Waals surface area (Å²) in [7, 11) is 2.37. The third kappa shape index (κ3) is 4.93. The van der Waals surface area contributed by atoms with E-state index in [2.05, 4.69) is 11.9 Å². The molecule has 0 aromatic rings. The Balaban J connectivity index is 3.21. The number of ether oxygens (including phenoxy) is 1. The summed E-state index contributed by atoms with van der Waals surface area (Å²) in [5, 5.41) is 0. The summed E-state index contributed by atoms with van der Waals surface area (Å²) >= 11 is 0. The molecule has 62 valence electrons. The first-order chi connectivity index (χ1) is 4.85. The van der Waals surface area contributed by atoms with Crippen molar-refractivity contribution in [1.82, 2.24) is 4.98 Å². The summed E-state index contributed by atoms with van der Waals surface area (Å²) < 4.78 is 10.2. The fraction of sp³-hybridized carbons (Fsp3) is 1.00. The summed E-state index contributed by atoms with van der Waals surface area (Å²) in [6.45, 7) is 3.89. The van der Waals surface area contributed by atoms with Crippen molar-refractivity contribution in [3.05, 3.63) is 0 Å². The second kappa shape index (κ2) is 7.21. The van der Waals surface area contributed by atoms with E-state index >= 15 is 0 Å². The Labute approximate surface area is 64.5 Å². The molecule has 1 N–H and O–H groups in total. The van der Waals surface area contributed by atoms with Crippen LogP contribution in [0.5, 0.6) is 0 Å². The van der Waals surface area contributed by atoms with Crippen molar-refractivity contribution in [3.63, 3.8) is 0 Å². The van der Waals surface area contributed by atoms with Gasteiger partial charge in [0.1, 0.15) is 0 Å². The zero-order valence-corrected chi connectivity index (χ0v) is 8.17. The minimum absolute atomic E-state index is 0.803. The lowest BCUT2D eigenvalue weighted by Gasteiger charge is -2.12. The average molecular weight is 163 g/mol. The highest BCUT2D eigenvalue weighted by Gasteiger charge is 2.06. The number of hydrogen-bond donors (Lipinski definition) is 1. The minimum atomic E-state index is -1.11. The largest absolute Gasteiger partial charge is 0.409 e. The van der Waals surface area contributed by atoms with Crippen LogP contribution in [-0.2, 0) is 9.16 Å². The average Bonchev–Trinajstić information content (AvgIpc) is 1.98. The second-order valence-corrected chi connectivity index (χ2v) is 4.50. The maximum atomic E-state index is 5.24. The van der Waals surface area contributed by atoms with Crippen LogP contribution < -0.4 is 4.98 Å². The first kappa shape index (κ1) is 10.1. The van der Waals surface area contributed by atoms with Crippen LogP contribution in [0, 0.1) is 0 Å². The molecular formula is C6H17NO2Si. The normalized spacial score (nSPS) is 13.5. The highest BCUT2D eigenvalue weighted by atomic mass is 28.3. The first-order valence-corrected chi connectivity index (χ1v) is 5.46. The van der Waals surface area contributed by atoms with Gasteiger partial charge in [-0.25, -0.2) is 0 Å². The van der Waals surface area contributed by atoms with E-state index in [-0.39, 0.29) is 0 Å². The van der Waals surface area contributed by atoms with Crippen molar-refractivity contribution in [2.75, 3.05) is 27.4 Å². The van der Waals surface area contributed by atoms with Crippen LogP contribution in [0.1, 0.15) is 6.92 Å². The van der Waals surface area contributed by atoms with Crippen LogP contribution in [0.3, 0.4) is 0 Å². The van der Waals surface area contributed by atoms with Crippen molar-refractivity contribution in [3.8, 4) is 0 Å².